The van der Waals surface area contributed by atoms with Gasteiger partial charge in [-0.2, -0.15) is 11.8 Å². The largest absolute Gasteiger partial charge is 0.326 e. The molecule has 1 fully saturated rings. The summed E-state index contributed by atoms with van der Waals surface area (Å²) in [5.41, 5.74) is 7.52. The molecular formula is C13H18ClNS. The molecule has 1 aromatic carbocycles. The van der Waals surface area contributed by atoms with Crippen molar-refractivity contribution in [2.75, 3.05) is 5.75 Å². The van der Waals surface area contributed by atoms with Crippen molar-refractivity contribution in [3.63, 3.8) is 0 Å². The molecule has 1 heterocycles. The van der Waals surface area contributed by atoms with Crippen LogP contribution in [0.4, 0.5) is 0 Å². The van der Waals surface area contributed by atoms with E-state index in [0.717, 1.165) is 11.4 Å². The number of thioether (sulfide) groups is 1. The smallest absolute Gasteiger partial charge is 0.0408 e. The average Bonchev–Trinajstić information content (AvgIpc) is 2.30. The van der Waals surface area contributed by atoms with Crippen LogP contribution >= 0.6 is 23.4 Å². The first-order valence-electron chi connectivity index (χ1n) is 5.87. The highest BCUT2D eigenvalue weighted by molar-refractivity contribution is 8.00. The van der Waals surface area contributed by atoms with Gasteiger partial charge < -0.3 is 5.73 Å². The minimum Gasteiger partial charge on any atom is -0.326 e. The Morgan fingerprint density at radius 1 is 1.44 bits per heavy atom. The third-order valence-corrected chi connectivity index (χ3v) is 4.83. The Balaban J connectivity index is 1.93. The minimum absolute atomic E-state index is 0.267. The highest BCUT2D eigenvalue weighted by Crippen LogP contribution is 2.28. The molecule has 1 aromatic rings. The van der Waals surface area contributed by atoms with Crippen LogP contribution in [0, 0.1) is 0 Å². The number of hydrogen-bond donors (Lipinski definition) is 1. The summed E-state index contributed by atoms with van der Waals surface area (Å²) in [5, 5.41) is 1.44. The zero-order valence-electron chi connectivity index (χ0n) is 9.36. The summed E-state index contributed by atoms with van der Waals surface area (Å²) in [6.07, 6.45) is 4.90. The molecule has 16 heavy (non-hydrogen) atoms. The molecule has 0 saturated carbocycles. The van der Waals surface area contributed by atoms with Gasteiger partial charge in [-0.3, -0.25) is 0 Å². The number of halogens is 1. The lowest BCUT2D eigenvalue weighted by Crippen LogP contribution is -2.36. The molecule has 0 radical (unpaired) electrons. The van der Waals surface area contributed by atoms with Crippen molar-refractivity contribution in [2.45, 2.75) is 37.0 Å². The zero-order chi connectivity index (χ0) is 11.4. The van der Waals surface area contributed by atoms with Gasteiger partial charge in [-0.25, -0.2) is 0 Å². The molecule has 1 saturated heterocycles. The lowest BCUT2D eigenvalue weighted by atomic mass is 10.0. The fourth-order valence-electron chi connectivity index (χ4n) is 2.17. The standard InChI is InChI=1S/C13H18ClNS/c14-11-5-3-4-10(8-11)9-12(15)13-6-1-2-7-16-13/h3-5,8,12-13H,1-2,6-7,9,15H2. The number of hydrogen-bond acceptors (Lipinski definition) is 2. The molecule has 1 aliphatic heterocycles. The van der Waals surface area contributed by atoms with Gasteiger partial charge in [0, 0.05) is 16.3 Å². The first-order chi connectivity index (χ1) is 7.75. The maximum absolute atomic E-state index is 6.27. The van der Waals surface area contributed by atoms with Gasteiger partial charge in [0.25, 0.3) is 0 Å². The second-order valence-electron chi connectivity index (χ2n) is 4.40. The van der Waals surface area contributed by atoms with E-state index in [0.29, 0.717) is 5.25 Å². The summed E-state index contributed by atoms with van der Waals surface area (Å²) in [5.74, 6) is 1.27. The van der Waals surface area contributed by atoms with Gasteiger partial charge in [0.15, 0.2) is 0 Å². The normalized spacial score (nSPS) is 23.0. The lowest BCUT2D eigenvalue weighted by Gasteiger charge is -2.27. The molecule has 0 aromatic heterocycles. The molecular weight excluding hydrogens is 238 g/mol. The predicted molar refractivity (Wildman–Crippen MR) is 73.2 cm³/mol. The van der Waals surface area contributed by atoms with Crippen molar-refractivity contribution in [3.8, 4) is 0 Å². The van der Waals surface area contributed by atoms with Gasteiger partial charge in [-0.1, -0.05) is 30.2 Å². The third kappa shape index (κ3) is 3.41. The molecule has 2 N–H and O–H groups in total. The zero-order valence-corrected chi connectivity index (χ0v) is 10.9. The van der Waals surface area contributed by atoms with E-state index in [-0.39, 0.29) is 6.04 Å². The number of nitrogens with two attached hydrogens (primary N) is 1. The van der Waals surface area contributed by atoms with Crippen LogP contribution in [0.25, 0.3) is 0 Å². The Kier molecular flexibility index (Phi) is 4.56. The second-order valence-corrected chi connectivity index (χ2v) is 6.19. The van der Waals surface area contributed by atoms with Crippen molar-refractivity contribution in [3.05, 3.63) is 34.9 Å². The van der Waals surface area contributed by atoms with Crippen LogP contribution in [0.1, 0.15) is 24.8 Å². The number of rotatable bonds is 3. The topological polar surface area (TPSA) is 26.0 Å². The van der Waals surface area contributed by atoms with Crippen LogP contribution in [0.15, 0.2) is 24.3 Å². The van der Waals surface area contributed by atoms with E-state index in [1.165, 1.54) is 30.6 Å². The quantitative estimate of drug-likeness (QED) is 0.895. The summed E-state index contributed by atoms with van der Waals surface area (Å²) in [6.45, 7) is 0. The van der Waals surface area contributed by atoms with Crippen molar-refractivity contribution < 1.29 is 0 Å². The number of benzene rings is 1. The molecule has 0 spiro atoms. The summed E-state index contributed by atoms with van der Waals surface area (Å²) >= 11 is 8.00. The van der Waals surface area contributed by atoms with E-state index in [9.17, 15) is 0 Å². The van der Waals surface area contributed by atoms with Crippen molar-refractivity contribution in [1.29, 1.82) is 0 Å². The summed E-state index contributed by atoms with van der Waals surface area (Å²) in [7, 11) is 0. The maximum atomic E-state index is 6.27. The van der Waals surface area contributed by atoms with Gasteiger partial charge >= 0.3 is 0 Å². The summed E-state index contributed by atoms with van der Waals surface area (Å²) < 4.78 is 0. The highest BCUT2D eigenvalue weighted by Gasteiger charge is 2.21. The minimum atomic E-state index is 0.267. The van der Waals surface area contributed by atoms with E-state index in [1.807, 2.05) is 30.0 Å². The van der Waals surface area contributed by atoms with Gasteiger partial charge in [0.2, 0.25) is 0 Å². The molecule has 1 nitrogen and oxygen atoms in total. The van der Waals surface area contributed by atoms with Crippen LogP contribution in [-0.4, -0.2) is 17.0 Å². The van der Waals surface area contributed by atoms with Gasteiger partial charge in [-0.05, 0) is 42.7 Å². The monoisotopic (exact) mass is 255 g/mol. The summed E-state index contributed by atoms with van der Waals surface area (Å²) in [6, 6.07) is 8.31. The molecule has 1 aliphatic rings. The Bertz CT molecular complexity index is 336. The Hall–Kier alpha value is -0.180. The highest BCUT2D eigenvalue weighted by atomic mass is 35.5. The van der Waals surface area contributed by atoms with Crippen molar-refractivity contribution in [1.82, 2.24) is 0 Å². The van der Waals surface area contributed by atoms with Crippen LogP contribution in [0.5, 0.6) is 0 Å². The second kappa shape index (κ2) is 5.95. The lowest BCUT2D eigenvalue weighted by molar-refractivity contribution is 0.559. The first-order valence-corrected chi connectivity index (χ1v) is 7.30. The van der Waals surface area contributed by atoms with Crippen molar-refractivity contribution in [2.24, 2.45) is 5.73 Å². The van der Waals surface area contributed by atoms with Crippen LogP contribution < -0.4 is 5.73 Å². The van der Waals surface area contributed by atoms with E-state index in [2.05, 4.69) is 6.07 Å². The molecule has 3 heteroatoms. The van der Waals surface area contributed by atoms with Crippen LogP contribution in [0.3, 0.4) is 0 Å². The molecule has 2 unspecified atom stereocenters. The van der Waals surface area contributed by atoms with Crippen molar-refractivity contribution >= 4 is 23.4 Å². The van der Waals surface area contributed by atoms with Gasteiger partial charge in [-0.15, -0.1) is 0 Å². The molecule has 0 amide bonds. The molecule has 0 aliphatic carbocycles. The molecule has 2 atom stereocenters. The van der Waals surface area contributed by atoms with Crippen LogP contribution in [-0.2, 0) is 6.42 Å². The Morgan fingerprint density at radius 3 is 3.00 bits per heavy atom. The third-order valence-electron chi connectivity index (χ3n) is 3.05. The van der Waals surface area contributed by atoms with E-state index >= 15 is 0 Å². The SMILES string of the molecule is NC(Cc1cccc(Cl)c1)C1CCCCS1. The fraction of sp³-hybridized carbons (Fsp3) is 0.538. The van der Waals surface area contributed by atoms with Crippen LogP contribution in [0.2, 0.25) is 5.02 Å². The molecule has 2 rings (SSSR count). The first kappa shape index (κ1) is 12.3. The van der Waals surface area contributed by atoms with Gasteiger partial charge in [0.1, 0.15) is 0 Å². The van der Waals surface area contributed by atoms with Gasteiger partial charge in [0.05, 0.1) is 0 Å². The predicted octanol–water partition coefficient (Wildman–Crippen LogP) is 3.50. The van der Waals surface area contributed by atoms with E-state index in [1.54, 1.807) is 0 Å². The Labute approximate surface area is 107 Å². The van der Waals surface area contributed by atoms with E-state index < -0.39 is 0 Å². The summed E-state index contributed by atoms with van der Waals surface area (Å²) in [4.78, 5) is 0. The Morgan fingerprint density at radius 2 is 2.31 bits per heavy atom. The fourth-order valence-corrected chi connectivity index (χ4v) is 3.73. The average molecular weight is 256 g/mol. The molecule has 88 valence electrons. The van der Waals surface area contributed by atoms with E-state index in [4.69, 9.17) is 17.3 Å². The maximum Gasteiger partial charge on any atom is 0.0408 e. The molecule has 0 bridgehead atoms.